The van der Waals surface area contributed by atoms with Crippen LogP contribution < -0.4 is 5.32 Å². The Morgan fingerprint density at radius 2 is 2.05 bits per heavy atom. The fourth-order valence-electron chi connectivity index (χ4n) is 2.55. The van der Waals surface area contributed by atoms with Crippen LogP contribution in [0.3, 0.4) is 0 Å². The first kappa shape index (κ1) is 15.1. The Labute approximate surface area is 123 Å². The lowest BCUT2D eigenvalue weighted by Crippen LogP contribution is -2.25. The zero-order valence-corrected chi connectivity index (χ0v) is 12.6. The van der Waals surface area contributed by atoms with Gasteiger partial charge in [0.15, 0.2) is 0 Å². The van der Waals surface area contributed by atoms with Crippen LogP contribution in [0.2, 0.25) is 0 Å². The first-order valence-corrected chi connectivity index (χ1v) is 7.79. The molecule has 2 nitrogen and oxygen atoms in total. The molecule has 0 saturated heterocycles. The first-order valence-electron chi connectivity index (χ1n) is 7.79. The lowest BCUT2D eigenvalue weighted by atomic mass is 10.0. The molecule has 1 aromatic rings. The summed E-state index contributed by atoms with van der Waals surface area (Å²) in [5.74, 6) is 2.77. The van der Waals surface area contributed by atoms with Crippen LogP contribution in [0.25, 0.3) is 0 Å². The van der Waals surface area contributed by atoms with Crippen molar-refractivity contribution in [3.8, 4) is 12.3 Å². The number of nitrogens with zero attached hydrogens (tertiary/aromatic N) is 1. The summed E-state index contributed by atoms with van der Waals surface area (Å²) in [7, 11) is 0. The molecule has 1 saturated carbocycles. The summed E-state index contributed by atoms with van der Waals surface area (Å²) in [5.41, 5.74) is 2.88. The Morgan fingerprint density at radius 3 is 2.70 bits per heavy atom. The molecule has 1 aliphatic carbocycles. The number of nitrogens with one attached hydrogen (secondary N) is 1. The molecule has 0 heterocycles. The molecule has 20 heavy (non-hydrogen) atoms. The van der Waals surface area contributed by atoms with Gasteiger partial charge >= 0.3 is 0 Å². The van der Waals surface area contributed by atoms with Crippen molar-refractivity contribution in [2.75, 3.05) is 19.6 Å². The number of benzene rings is 1. The van der Waals surface area contributed by atoms with E-state index >= 15 is 0 Å². The highest BCUT2D eigenvalue weighted by atomic mass is 15.1. The Kier molecular flexibility index (Phi) is 6.11. The molecular weight excluding hydrogens is 244 g/mol. The van der Waals surface area contributed by atoms with Crippen LogP contribution in [0.1, 0.15) is 37.3 Å². The van der Waals surface area contributed by atoms with Gasteiger partial charge < -0.3 is 5.32 Å². The highest BCUT2D eigenvalue weighted by molar-refractivity contribution is 5.27. The highest BCUT2D eigenvalue weighted by Gasteiger charge is 2.19. The second-order valence-corrected chi connectivity index (χ2v) is 5.66. The molecule has 1 aliphatic rings. The molecule has 108 valence electrons. The predicted molar refractivity (Wildman–Crippen MR) is 85.6 cm³/mol. The third kappa shape index (κ3) is 5.00. The van der Waals surface area contributed by atoms with E-state index in [9.17, 15) is 0 Å². The van der Waals surface area contributed by atoms with Crippen LogP contribution in [0.4, 0.5) is 0 Å². The van der Waals surface area contributed by atoms with Gasteiger partial charge in [-0.3, -0.25) is 4.90 Å². The molecule has 0 amide bonds. The lowest BCUT2D eigenvalue weighted by Gasteiger charge is -2.21. The minimum Gasteiger partial charge on any atom is -0.314 e. The maximum Gasteiger partial charge on any atom is 0.0601 e. The smallest absolute Gasteiger partial charge is 0.0601 e. The van der Waals surface area contributed by atoms with Crippen LogP contribution in [0.5, 0.6) is 0 Å². The summed E-state index contributed by atoms with van der Waals surface area (Å²) in [6, 6.07) is 9.56. The normalized spacial score (nSPS) is 14.4. The second kappa shape index (κ2) is 8.09. The molecule has 0 aliphatic heterocycles. The quantitative estimate of drug-likeness (QED) is 0.694. The molecule has 0 radical (unpaired) electrons. The molecule has 2 heteroatoms. The van der Waals surface area contributed by atoms with Crippen molar-refractivity contribution >= 4 is 0 Å². The standard InChI is InChI=1S/C18H26N2/c1-3-13-20(14-4-2)15-17-8-6-5-7-16(17)11-12-19-18-9-10-18/h1,5-8,18-19H,4,9-15H2,2H3. The Morgan fingerprint density at radius 1 is 1.30 bits per heavy atom. The summed E-state index contributed by atoms with van der Waals surface area (Å²) in [5, 5.41) is 3.59. The summed E-state index contributed by atoms with van der Waals surface area (Å²) in [4.78, 5) is 2.35. The number of hydrogen-bond acceptors (Lipinski definition) is 2. The van der Waals surface area contributed by atoms with Crippen LogP contribution in [-0.4, -0.2) is 30.6 Å². The monoisotopic (exact) mass is 270 g/mol. The van der Waals surface area contributed by atoms with Crippen molar-refractivity contribution in [3.63, 3.8) is 0 Å². The van der Waals surface area contributed by atoms with E-state index in [1.165, 1.54) is 24.0 Å². The van der Waals surface area contributed by atoms with Crippen molar-refractivity contribution in [2.45, 2.75) is 45.2 Å². The number of rotatable bonds is 9. The molecule has 0 spiro atoms. The summed E-state index contributed by atoms with van der Waals surface area (Å²) >= 11 is 0. The van der Waals surface area contributed by atoms with E-state index in [2.05, 4.69) is 47.3 Å². The van der Waals surface area contributed by atoms with Gasteiger partial charge in [0.2, 0.25) is 0 Å². The molecular formula is C18H26N2. The van der Waals surface area contributed by atoms with Gasteiger partial charge in [-0.2, -0.15) is 0 Å². The molecule has 0 atom stereocenters. The Hall–Kier alpha value is -1.30. The average molecular weight is 270 g/mol. The molecule has 0 aromatic heterocycles. The third-order valence-corrected chi connectivity index (χ3v) is 3.77. The van der Waals surface area contributed by atoms with E-state index in [1.54, 1.807) is 0 Å². The minimum absolute atomic E-state index is 0.739. The number of hydrogen-bond donors (Lipinski definition) is 1. The molecule has 1 aromatic carbocycles. The molecule has 1 N–H and O–H groups in total. The van der Waals surface area contributed by atoms with E-state index in [-0.39, 0.29) is 0 Å². The van der Waals surface area contributed by atoms with Crippen LogP contribution in [-0.2, 0) is 13.0 Å². The van der Waals surface area contributed by atoms with E-state index in [0.717, 1.165) is 45.1 Å². The molecule has 2 rings (SSSR count). The van der Waals surface area contributed by atoms with Crippen molar-refractivity contribution < 1.29 is 0 Å². The van der Waals surface area contributed by atoms with Gasteiger partial charge in [0, 0.05) is 12.6 Å². The van der Waals surface area contributed by atoms with Crippen molar-refractivity contribution in [1.82, 2.24) is 10.2 Å². The Balaban J connectivity index is 1.92. The van der Waals surface area contributed by atoms with E-state index in [0.29, 0.717) is 0 Å². The molecule has 0 unspecified atom stereocenters. The first-order chi connectivity index (χ1) is 9.83. The van der Waals surface area contributed by atoms with Gasteiger partial charge in [-0.05, 0) is 49.9 Å². The highest BCUT2D eigenvalue weighted by Crippen LogP contribution is 2.19. The van der Waals surface area contributed by atoms with Gasteiger partial charge in [0.05, 0.1) is 6.54 Å². The zero-order chi connectivity index (χ0) is 14.2. The van der Waals surface area contributed by atoms with E-state index in [1.807, 2.05) is 0 Å². The zero-order valence-electron chi connectivity index (χ0n) is 12.6. The minimum atomic E-state index is 0.739. The molecule has 1 fully saturated rings. The fourth-order valence-corrected chi connectivity index (χ4v) is 2.55. The topological polar surface area (TPSA) is 15.3 Å². The van der Waals surface area contributed by atoms with Crippen LogP contribution in [0.15, 0.2) is 24.3 Å². The summed E-state index contributed by atoms with van der Waals surface area (Å²) in [6.45, 7) is 6.07. The van der Waals surface area contributed by atoms with Crippen LogP contribution >= 0.6 is 0 Å². The van der Waals surface area contributed by atoms with E-state index in [4.69, 9.17) is 6.42 Å². The van der Waals surface area contributed by atoms with Crippen molar-refractivity contribution in [1.29, 1.82) is 0 Å². The van der Waals surface area contributed by atoms with Gasteiger partial charge in [-0.15, -0.1) is 6.42 Å². The fraction of sp³-hybridized carbons (Fsp3) is 0.556. The maximum atomic E-state index is 5.47. The van der Waals surface area contributed by atoms with Crippen molar-refractivity contribution in [2.24, 2.45) is 0 Å². The lowest BCUT2D eigenvalue weighted by molar-refractivity contribution is 0.299. The predicted octanol–water partition coefficient (Wildman–Crippen LogP) is 2.83. The van der Waals surface area contributed by atoms with Crippen LogP contribution in [0, 0.1) is 12.3 Å². The van der Waals surface area contributed by atoms with E-state index < -0.39 is 0 Å². The second-order valence-electron chi connectivity index (χ2n) is 5.66. The largest absolute Gasteiger partial charge is 0.314 e. The third-order valence-electron chi connectivity index (χ3n) is 3.77. The molecule has 0 bridgehead atoms. The SMILES string of the molecule is C#CCN(CCC)Cc1ccccc1CCNC1CC1. The van der Waals surface area contributed by atoms with Gasteiger partial charge in [-0.1, -0.05) is 37.1 Å². The Bertz CT molecular complexity index is 443. The summed E-state index contributed by atoms with van der Waals surface area (Å²) < 4.78 is 0. The van der Waals surface area contributed by atoms with Gasteiger partial charge in [0.25, 0.3) is 0 Å². The van der Waals surface area contributed by atoms with Crippen molar-refractivity contribution in [3.05, 3.63) is 35.4 Å². The van der Waals surface area contributed by atoms with Gasteiger partial charge in [0.1, 0.15) is 0 Å². The average Bonchev–Trinajstić information content (AvgIpc) is 3.25. The summed E-state index contributed by atoms with van der Waals surface area (Å²) in [6.07, 6.45) is 10.4. The number of terminal acetylenes is 1. The van der Waals surface area contributed by atoms with Gasteiger partial charge in [-0.25, -0.2) is 0 Å². The maximum absolute atomic E-state index is 5.47.